The first-order valence-corrected chi connectivity index (χ1v) is 10.2. The molecule has 1 saturated heterocycles. The SMILES string of the molecule is C[C@@H]1CCCN(S(=O)(=O)c2ccc(NCc3ccccn3)c([N+](=O)[O-])c2)C1. The lowest BCUT2D eigenvalue weighted by atomic mass is 10.0. The van der Waals surface area contributed by atoms with Gasteiger partial charge in [0.1, 0.15) is 5.69 Å². The Labute approximate surface area is 158 Å². The van der Waals surface area contributed by atoms with Gasteiger partial charge in [0.25, 0.3) is 5.69 Å². The Bertz CT molecular complexity index is 918. The topological polar surface area (TPSA) is 105 Å². The number of anilines is 1. The highest BCUT2D eigenvalue weighted by Crippen LogP contribution is 2.30. The van der Waals surface area contributed by atoms with Crippen molar-refractivity contribution in [2.45, 2.75) is 31.2 Å². The minimum Gasteiger partial charge on any atom is -0.374 e. The van der Waals surface area contributed by atoms with E-state index < -0.39 is 14.9 Å². The second kappa shape index (κ2) is 8.01. The predicted octanol–water partition coefficient (Wildman–Crippen LogP) is 3.02. The van der Waals surface area contributed by atoms with E-state index in [1.54, 1.807) is 18.3 Å². The molecule has 0 bridgehead atoms. The summed E-state index contributed by atoms with van der Waals surface area (Å²) in [6.45, 7) is 3.20. The summed E-state index contributed by atoms with van der Waals surface area (Å²) in [5, 5.41) is 14.4. The third-order valence-corrected chi connectivity index (χ3v) is 6.47. The van der Waals surface area contributed by atoms with E-state index in [2.05, 4.69) is 10.3 Å². The number of nitrogens with zero attached hydrogens (tertiary/aromatic N) is 3. The van der Waals surface area contributed by atoms with Crippen LogP contribution in [0.1, 0.15) is 25.5 Å². The highest BCUT2D eigenvalue weighted by atomic mass is 32.2. The van der Waals surface area contributed by atoms with Gasteiger partial charge in [-0.3, -0.25) is 15.1 Å². The van der Waals surface area contributed by atoms with Crippen LogP contribution in [0.4, 0.5) is 11.4 Å². The Morgan fingerprint density at radius 2 is 2.15 bits per heavy atom. The molecule has 1 aliphatic heterocycles. The molecule has 1 fully saturated rings. The maximum atomic E-state index is 12.9. The molecule has 1 aromatic heterocycles. The number of benzene rings is 1. The Balaban J connectivity index is 1.85. The van der Waals surface area contributed by atoms with E-state index in [1.807, 2.05) is 13.0 Å². The van der Waals surface area contributed by atoms with Crippen LogP contribution in [0.25, 0.3) is 0 Å². The third-order valence-electron chi connectivity index (χ3n) is 4.61. The molecule has 0 saturated carbocycles. The summed E-state index contributed by atoms with van der Waals surface area (Å²) in [5.41, 5.74) is 0.722. The molecule has 8 nitrogen and oxygen atoms in total. The van der Waals surface area contributed by atoms with Crippen LogP contribution in [-0.2, 0) is 16.6 Å². The third kappa shape index (κ3) is 4.42. The van der Waals surface area contributed by atoms with Crippen LogP contribution in [0.3, 0.4) is 0 Å². The Hall–Kier alpha value is -2.52. The van der Waals surface area contributed by atoms with E-state index in [1.165, 1.54) is 16.4 Å². The van der Waals surface area contributed by atoms with E-state index in [4.69, 9.17) is 0 Å². The second-order valence-electron chi connectivity index (χ2n) is 6.72. The lowest BCUT2D eigenvalue weighted by molar-refractivity contribution is -0.384. The molecule has 27 heavy (non-hydrogen) atoms. The van der Waals surface area contributed by atoms with E-state index in [0.717, 1.165) is 24.6 Å². The first kappa shape index (κ1) is 19.2. The quantitative estimate of drug-likeness (QED) is 0.600. The standard InChI is InChI=1S/C18H22N4O4S/c1-14-5-4-10-21(13-14)27(25,26)16-7-8-17(18(11-16)22(23)24)20-12-15-6-2-3-9-19-15/h2-3,6-9,11,14,20H,4-5,10,12-13H2,1H3/t14-/m1/s1. The van der Waals surface area contributed by atoms with Crippen molar-refractivity contribution >= 4 is 21.4 Å². The molecular formula is C18H22N4O4S. The molecule has 3 rings (SSSR count). The molecule has 1 aliphatic rings. The predicted molar refractivity (Wildman–Crippen MR) is 102 cm³/mol. The van der Waals surface area contributed by atoms with Gasteiger partial charge >= 0.3 is 0 Å². The van der Waals surface area contributed by atoms with Crippen LogP contribution >= 0.6 is 0 Å². The van der Waals surface area contributed by atoms with Crippen molar-refractivity contribution in [3.05, 3.63) is 58.4 Å². The van der Waals surface area contributed by atoms with Crippen molar-refractivity contribution in [2.24, 2.45) is 5.92 Å². The first-order valence-electron chi connectivity index (χ1n) is 8.80. The maximum absolute atomic E-state index is 12.9. The van der Waals surface area contributed by atoms with Gasteiger partial charge in [-0.15, -0.1) is 0 Å². The Kier molecular flexibility index (Phi) is 5.71. The smallest absolute Gasteiger partial charge is 0.293 e. The molecule has 0 aliphatic carbocycles. The zero-order chi connectivity index (χ0) is 19.4. The highest BCUT2D eigenvalue weighted by Gasteiger charge is 2.30. The molecule has 0 spiro atoms. The molecule has 144 valence electrons. The fourth-order valence-corrected chi connectivity index (χ4v) is 4.79. The largest absolute Gasteiger partial charge is 0.374 e. The van der Waals surface area contributed by atoms with E-state index in [9.17, 15) is 18.5 Å². The van der Waals surface area contributed by atoms with E-state index >= 15 is 0 Å². The summed E-state index contributed by atoms with van der Waals surface area (Å²) in [4.78, 5) is 15.0. The normalized spacial score (nSPS) is 18.2. The second-order valence-corrected chi connectivity index (χ2v) is 8.66. The van der Waals surface area contributed by atoms with Gasteiger partial charge in [0.15, 0.2) is 0 Å². The van der Waals surface area contributed by atoms with Gasteiger partial charge in [0.05, 0.1) is 22.1 Å². The minimum absolute atomic E-state index is 0.0494. The lowest BCUT2D eigenvalue weighted by Crippen LogP contribution is -2.39. The number of hydrogen-bond donors (Lipinski definition) is 1. The lowest BCUT2D eigenvalue weighted by Gasteiger charge is -2.30. The molecule has 2 aromatic rings. The summed E-state index contributed by atoms with van der Waals surface area (Å²) in [6.07, 6.45) is 3.43. The zero-order valence-electron chi connectivity index (χ0n) is 15.0. The van der Waals surface area contributed by atoms with E-state index in [0.29, 0.717) is 19.6 Å². The van der Waals surface area contributed by atoms with Gasteiger partial charge in [-0.25, -0.2) is 8.42 Å². The van der Waals surface area contributed by atoms with Gasteiger partial charge in [-0.2, -0.15) is 4.31 Å². The van der Waals surface area contributed by atoms with Gasteiger partial charge in [-0.1, -0.05) is 13.0 Å². The summed E-state index contributed by atoms with van der Waals surface area (Å²) < 4.78 is 27.2. The van der Waals surface area contributed by atoms with Crippen LogP contribution in [0.15, 0.2) is 47.5 Å². The zero-order valence-corrected chi connectivity index (χ0v) is 15.9. The summed E-state index contributed by atoms with van der Waals surface area (Å²) in [7, 11) is -3.75. The van der Waals surface area contributed by atoms with Crippen molar-refractivity contribution in [1.82, 2.24) is 9.29 Å². The molecule has 0 amide bonds. The van der Waals surface area contributed by atoms with Crippen molar-refractivity contribution in [2.75, 3.05) is 18.4 Å². The highest BCUT2D eigenvalue weighted by molar-refractivity contribution is 7.89. The number of rotatable bonds is 6. The molecule has 1 aromatic carbocycles. The Morgan fingerprint density at radius 1 is 1.33 bits per heavy atom. The summed E-state index contributed by atoms with van der Waals surface area (Å²) >= 11 is 0. The number of nitro groups is 1. The summed E-state index contributed by atoms with van der Waals surface area (Å²) in [6, 6.07) is 9.41. The molecule has 0 unspecified atom stereocenters. The number of aromatic nitrogens is 1. The number of nitro benzene ring substituents is 1. The molecule has 1 atom stereocenters. The Morgan fingerprint density at radius 3 is 2.81 bits per heavy atom. The van der Waals surface area contributed by atoms with Crippen LogP contribution in [0.2, 0.25) is 0 Å². The monoisotopic (exact) mass is 390 g/mol. The fourth-order valence-electron chi connectivity index (χ4n) is 3.17. The number of nitrogens with one attached hydrogen (secondary N) is 1. The van der Waals surface area contributed by atoms with Gasteiger partial charge in [0.2, 0.25) is 10.0 Å². The van der Waals surface area contributed by atoms with Crippen molar-refractivity contribution in [1.29, 1.82) is 0 Å². The van der Waals surface area contributed by atoms with Crippen LogP contribution in [0.5, 0.6) is 0 Å². The molecule has 0 radical (unpaired) electrons. The van der Waals surface area contributed by atoms with Crippen molar-refractivity contribution in [3.8, 4) is 0 Å². The number of sulfonamides is 1. The fraction of sp³-hybridized carbons (Fsp3) is 0.389. The summed E-state index contributed by atoms with van der Waals surface area (Å²) in [5.74, 6) is 0.280. The maximum Gasteiger partial charge on any atom is 0.293 e. The molecule has 2 heterocycles. The van der Waals surface area contributed by atoms with Gasteiger partial charge in [0, 0.05) is 25.4 Å². The van der Waals surface area contributed by atoms with Crippen molar-refractivity contribution in [3.63, 3.8) is 0 Å². The van der Waals surface area contributed by atoms with Crippen molar-refractivity contribution < 1.29 is 13.3 Å². The molecule has 9 heteroatoms. The molecular weight excluding hydrogens is 368 g/mol. The van der Waals surface area contributed by atoms with Crippen LogP contribution in [0, 0.1) is 16.0 Å². The number of pyridine rings is 1. The number of hydrogen-bond acceptors (Lipinski definition) is 6. The van der Waals surface area contributed by atoms with Gasteiger partial charge < -0.3 is 5.32 Å². The van der Waals surface area contributed by atoms with Gasteiger partial charge in [-0.05, 0) is 43.0 Å². The minimum atomic E-state index is -3.75. The first-order chi connectivity index (χ1) is 12.9. The number of piperidine rings is 1. The van der Waals surface area contributed by atoms with Crippen LogP contribution in [-0.4, -0.2) is 35.7 Å². The average molecular weight is 390 g/mol. The van der Waals surface area contributed by atoms with E-state index in [-0.39, 0.29) is 22.2 Å². The average Bonchev–Trinajstić information content (AvgIpc) is 2.67. The molecule has 1 N–H and O–H groups in total. The van der Waals surface area contributed by atoms with Crippen LogP contribution < -0.4 is 5.32 Å².